The molecule has 0 fully saturated rings. The van der Waals surface area contributed by atoms with Crippen molar-refractivity contribution in [2.45, 2.75) is 13.8 Å². The van der Waals surface area contributed by atoms with E-state index in [9.17, 15) is 4.79 Å². The van der Waals surface area contributed by atoms with Crippen molar-refractivity contribution >= 4 is 12.0 Å². The molecule has 0 bridgehead atoms. The van der Waals surface area contributed by atoms with Crippen molar-refractivity contribution in [3.8, 4) is 0 Å². The van der Waals surface area contributed by atoms with Gasteiger partial charge in [-0.3, -0.25) is 0 Å². The third-order valence-electron chi connectivity index (χ3n) is 1.33. The summed E-state index contributed by atoms with van der Waals surface area (Å²) >= 11 is 0. The number of hydrogen-bond acceptors (Lipinski definition) is 2. The topological polar surface area (TPSA) is 29.1 Å². The van der Waals surface area contributed by atoms with Gasteiger partial charge in [0, 0.05) is 18.7 Å². The smallest absolute Gasteiger partial charge is 0.122 e. The van der Waals surface area contributed by atoms with Crippen LogP contribution in [-0.2, 0) is 4.79 Å². The second-order valence-corrected chi connectivity index (χ2v) is 3.00. The molecule has 72 valence electrons. The lowest BCUT2D eigenvalue weighted by molar-refractivity contribution is -0.110. The number of rotatable bonds is 2. The summed E-state index contributed by atoms with van der Waals surface area (Å²) in [6, 6.07) is 10.1. The van der Waals surface area contributed by atoms with E-state index in [1.165, 1.54) is 0 Å². The van der Waals surface area contributed by atoms with E-state index in [0.29, 0.717) is 0 Å². The summed E-state index contributed by atoms with van der Waals surface area (Å²) in [6.07, 6.45) is 0.917. The number of para-hydroxylation sites is 1. The summed E-state index contributed by atoms with van der Waals surface area (Å²) in [7, 11) is 1.91. The Balaban J connectivity index is 0.000000252. The predicted molar refractivity (Wildman–Crippen MR) is 56.9 cm³/mol. The molecule has 13 heavy (non-hydrogen) atoms. The van der Waals surface area contributed by atoms with Gasteiger partial charge in [0.15, 0.2) is 0 Å². The maximum atomic E-state index is 9.50. The highest BCUT2D eigenvalue weighted by molar-refractivity contribution is 5.51. The normalized spacial score (nSPS) is 8.62. The highest BCUT2D eigenvalue weighted by Crippen LogP contribution is 2.01. The summed E-state index contributed by atoms with van der Waals surface area (Å²) < 4.78 is 0. The Morgan fingerprint density at radius 2 is 1.69 bits per heavy atom. The molecule has 0 radical (unpaired) electrons. The third kappa shape index (κ3) is 7.06. The monoisotopic (exact) mass is 179 g/mol. The maximum absolute atomic E-state index is 9.50. The van der Waals surface area contributed by atoms with Crippen LogP contribution in [-0.4, -0.2) is 13.3 Å². The van der Waals surface area contributed by atoms with E-state index < -0.39 is 0 Å². The SMILES string of the molecule is CC(C)C=O.CNc1ccccc1. The minimum atomic E-state index is 0.204. The second-order valence-electron chi connectivity index (χ2n) is 3.00. The molecule has 2 heteroatoms. The summed E-state index contributed by atoms with van der Waals surface area (Å²) in [5, 5.41) is 3.03. The van der Waals surface area contributed by atoms with Gasteiger partial charge in [-0.15, -0.1) is 0 Å². The van der Waals surface area contributed by atoms with E-state index in [1.54, 1.807) is 0 Å². The molecule has 1 aromatic rings. The van der Waals surface area contributed by atoms with Crippen molar-refractivity contribution in [1.82, 2.24) is 0 Å². The molecule has 1 aromatic carbocycles. The fraction of sp³-hybridized carbons (Fsp3) is 0.364. The van der Waals surface area contributed by atoms with E-state index in [4.69, 9.17) is 0 Å². The molecule has 0 aliphatic heterocycles. The minimum Gasteiger partial charge on any atom is -0.388 e. The summed E-state index contributed by atoms with van der Waals surface area (Å²) in [5.74, 6) is 0.204. The van der Waals surface area contributed by atoms with E-state index in [2.05, 4.69) is 5.32 Å². The standard InChI is InChI=1S/C7H9N.C4H8O/c1-8-7-5-3-2-4-6-7;1-4(2)3-5/h2-6,8H,1H3;3-4H,1-2H3. The molecule has 1 N–H and O–H groups in total. The molecular weight excluding hydrogens is 162 g/mol. The first-order valence-corrected chi connectivity index (χ1v) is 4.38. The third-order valence-corrected chi connectivity index (χ3v) is 1.33. The Bertz CT molecular complexity index is 219. The number of hydrogen-bond donors (Lipinski definition) is 1. The molecule has 0 aliphatic rings. The van der Waals surface area contributed by atoms with Crippen molar-refractivity contribution in [2.75, 3.05) is 12.4 Å². The lowest BCUT2D eigenvalue weighted by atomic mass is 10.3. The average Bonchev–Trinajstić information content (AvgIpc) is 2.20. The fourth-order valence-corrected chi connectivity index (χ4v) is 0.605. The summed E-state index contributed by atoms with van der Waals surface area (Å²) in [6.45, 7) is 3.71. The van der Waals surface area contributed by atoms with E-state index >= 15 is 0 Å². The molecule has 0 saturated carbocycles. The van der Waals surface area contributed by atoms with Gasteiger partial charge >= 0.3 is 0 Å². The minimum absolute atomic E-state index is 0.204. The van der Waals surface area contributed by atoms with Gasteiger partial charge in [0.05, 0.1) is 0 Å². The van der Waals surface area contributed by atoms with E-state index in [-0.39, 0.29) is 5.92 Å². The summed E-state index contributed by atoms with van der Waals surface area (Å²) in [5.41, 5.74) is 1.16. The molecule has 0 heterocycles. The number of anilines is 1. The highest BCUT2D eigenvalue weighted by atomic mass is 16.1. The van der Waals surface area contributed by atoms with Gasteiger partial charge in [-0.1, -0.05) is 32.0 Å². The molecule has 0 spiro atoms. The van der Waals surface area contributed by atoms with Crippen LogP contribution in [0.1, 0.15) is 13.8 Å². The van der Waals surface area contributed by atoms with Crippen molar-refractivity contribution in [3.05, 3.63) is 30.3 Å². The molecule has 0 aromatic heterocycles. The summed E-state index contributed by atoms with van der Waals surface area (Å²) in [4.78, 5) is 9.50. The van der Waals surface area contributed by atoms with Crippen LogP contribution in [0, 0.1) is 5.92 Å². The zero-order chi connectivity index (χ0) is 10.1. The second kappa shape index (κ2) is 7.35. The van der Waals surface area contributed by atoms with Crippen LogP contribution in [0.25, 0.3) is 0 Å². The van der Waals surface area contributed by atoms with Gasteiger partial charge in [0.2, 0.25) is 0 Å². The Kier molecular flexibility index (Phi) is 6.60. The Hall–Kier alpha value is -1.31. The Morgan fingerprint density at radius 3 is 1.92 bits per heavy atom. The lowest BCUT2D eigenvalue weighted by Gasteiger charge is -1.94. The van der Waals surface area contributed by atoms with Crippen LogP contribution in [0.15, 0.2) is 30.3 Å². The highest BCUT2D eigenvalue weighted by Gasteiger charge is 1.79. The average molecular weight is 179 g/mol. The number of nitrogens with one attached hydrogen (secondary N) is 1. The van der Waals surface area contributed by atoms with Crippen LogP contribution in [0.4, 0.5) is 5.69 Å². The molecular formula is C11H17NO. The number of aldehydes is 1. The van der Waals surface area contributed by atoms with Gasteiger partial charge in [-0.05, 0) is 12.1 Å². The van der Waals surface area contributed by atoms with Crippen molar-refractivity contribution in [2.24, 2.45) is 5.92 Å². The largest absolute Gasteiger partial charge is 0.388 e. The van der Waals surface area contributed by atoms with Gasteiger partial charge < -0.3 is 10.1 Å². The molecule has 0 unspecified atom stereocenters. The van der Waals surface area contributed by atoms with Gasteiger partial charge in [0.25, 0.3) is 0 Å². The van der Waals surface area contributed by atoms with Crippen molar-refractivity contribution in [1.29, 1.82) is 0 Å². The van der Waals surface area contributed by atoms with Crippen LogP contribution < -0.4 is 5.32 Å². The predicted octanol–water partition coefficient (Wildman–Crippen LogP) is 2.57. The molecule has 2 nitrogen and oxygen atoms in total. The number of carbonyl (C=O) groups excluding carboxylic acids is 1. The van der Waals surface area contributed by atoms with Crippen LogP contribution in [0.5, 0.6) is 0 Å². The molecule has 0 saturated heterocycles. The van der Waals surface area contributed by atoms with Crippen LogP contribution >= 0.6 is 0 Å². The van der Waals surface area contributed by atoms with Crippen molar-refractivity contribution in [3.63, 3.8) is 0 Å². The quantitative estimate of drug-likeness (QED) is 0.707. The first-order valence-electron chi connectivity index (χ1n) is 4.38. The van der Waals surface area contributed by atoms with Crippen LogP contribution in [0.2, 0.25) is 0 Å². The molecule has 0 amide bonds. The van der Waals surface area contributed by atoms with Crippen molar-refractivity contribution < 1.29 is 4.79 Å². The lowest BCUT2D eigenvalue weighted by Crippen LogP contribution is -1.84. The van der Waals surface area contributed by atoms with Gasteiger partial charge in [-0.25, -0.2) is 0 Å². The zero-order valence-electron chi connectivity index (χ0n) is 8.45. The molecule has 0 atom stereocenters. The molecule has 1 rings (SSSR count). The van der Waals surface area contributed by atoms with Gasteiger partial charge in [0.1, 0.15) is 6.29 Å². The fourth-order valence-electron chi connectivity index (χ4n) is 0.605. The van der Waals surface area contributed by atoms with Crippen LogP contribution in [0.3, 0.4) is 0 Å². The number of carbonyl (C=O) groups is 1. The Labute approximate surface area is 80.0 Å². The van der Waals surface area contributed by atoms with Gasteiger partial charge in [-0.2, -0.15) is 0 Å². The zero-order valence-corrected chi connectivity index (χ0v) is 8.45. The Morgan fingerprint density at radius 1 is 1.23 bits per heavy atom. The first-order chi connectivity index (χ1) is 6.20. The maximum Gasteiger partial charge on any atom is 0.122 e. The van der Waals surface area contributed by atoms with E-state index in [1.807, 2.05) is 51.2 Å². The molecule has 0 aliphatic carbocycles. The first kappa shape index (κ1) is 11.7. The number of benzene rings is 1. The van der Waals surface area contributed by atoms with E-state index in [0.717, 1.165) is 12.0 Å².